The first-order valence-corrected chi connectivity index (χ1v) is 7.13. The molecule has 0 unspecified atom stereocenters. The lowest BCUT2D eigenvalue weighted by Crippen LogP contribution is -2.59. The van der Waals surface area contributed by atoms with Crippen LogP contribution in [0.4, 0.5) is 9.18 Å². The van der Waals surface area contributed by atoms with E-state index in [0.717, 1.165) is 5.56 Å². The van der Waals surface area contributed by atoms with Gasteiger partial charge in [0.1, 0.15) is 11.9 Å². The Morgan fingerprint density at radius 3 is 2.76 bits per heavy atom. The molecule has 6 heteroatoms. The standard InChI is InChI=1S/C15H20FN3O2/c1-3-13-14(20)17-8-9-19(13)15(21)18-10(2)11-4-6-12(16)7-5-11/h4-7,10,13H,3,8-9H2,1-2H3,(H,17,20)(H,18,21)/t10-,13+/m1/s1. The Morgan fingerprint density at radius 1 is 1.48 bits per heavy atom. The van der Waals surface area contributed by atoms with Crippen LogP contribution in [0.25, 0.3) is 0 Å². The van der Waals surface area contributed by atoms with Crippen LogP contribution in [0.1, 0.15) is 31.9 Å². The topological polar surface area (TPSA) is 61.4 Å². The SMILES string of the molecule is CC[C@H]1C(=O)NCCN1C(=O)N[C@H](C)c1ccc(F)cc1. The predicted octanol–water partition coefficient (Wildman–Crippen LogP) is 1.81. The fourth-order valence-corrected chi connectivity index (χ4v) is 2.47. The van der Waals surface area contributed by atoms with Crippen LogP contribution in [0.3, 0.4) is 0 Å². The van der Waals surface area contributed by atoms with Gasteiger partial charge < -0.3 is 15.5 Å². The van der Waals surface area contributed by atoms with Crippen LogP contribution >= 0.6 is 0 Å². The molecule has 0 bridgehead atoms. The minimum Gasteiger partial charge on any atom is -0.353 e. The average Bonchev–Trinajstić information content (AvgIpc) is 2.47. The summed E-state index contributed by atoms with van der Waals surface area (Å²) in [5.41, 5.74) is 0.819. The Kier molecular flexibility index (Phi) is 4.77. The summed E-state index contributed by atoms with van der Waals surface area (Å²) in [6.45, 7) is 4.66. The van der Waals surface area contributed by atoms with Crippen LogP contribution in [0, 0.1) is 5.82 Å². The van der Waals surface area contributed by atoms with Gasteiger partial charge in [-0.1, -0.05) is 19.1 Å². The van der Waals surface area contributed by atoms with Crippen LogP contribution in [-0.4, -0.2) is 36.0 Å². The summed E-state index contributed by atoms with van der Waals surface area (Å²) in [5.74, 6) is -0.427. The molecule has 0 aromatic heterocycles. The van der Waals surface area contributed by atoms with Crippen LogP contribution < -0.4 is 10.6 Å². The lowest BCUT2D eigenvalue weighted by Gasteiger charge is -2.35. The Bertz CT molecular complexity index is 518. The van der Waals surface area contributed by atoms with Gasteiger partial charge >= 0.3 is 6.03 Å². The van der Waals surface area contributed by atoms with E-state index >= 15 is 0 Å². The Balaban J connectivity index is 2.02. The molecule has 1 aliphatic heterocycles. The highest BCUT2D eigenvalue weighted by atomic mass is 19.1. The number of amides is 3. The quantitative estimate of drug-likeness (QED) is 0.893. The van der Waals surface area contributed by atoms with E-state index in [1.165, 1.54) is 12.1 Å². The molecule has 0 spiro atoms. The number of piperazine rings is 1. The van der Waals surface area contributed by atoms with Crippen LogP contribution in [0.2, 0.25) is 0 Å². The molecule has 2 atom stereocenters. The first-order valence-electron chi connectivity index (χ1n) is 7.13. The molecule has 1 heterocycles. The lowest BCUT2D eigenvalue weighted by atomic mass is 10.1. The van der Waals surface area contributed by atoms with Gasteiger partial charge in [0.2, 0.25) is 5.91 Å². The van der Waals surface area contributed by atoms with Crippen LogP contribution in [-0.2, 0) is 4.79 Å². The second-order valence-electron chi connectivity index (χ2n) is 5.13. The van der Waals surface area contributed by atoms with Gasteiger partial charge in [0.15, 0.2) is 0 Å². The van der Waals surface area contributed by atoms with E-state index in [0.29, 0.717) is 19.5 Å². The molecule has 21 heavy (non-hydrogen) atoms. The minimum atomic E-state index is -0.431. The van der Waals surface area contributed by atoms with Gasteiger partial charge in [-0.3, -0.25) is 4.79 Å². The normalized spacial score (nSPS) is 19.9. The van der Waals surface area contributed by atoms with Crippen molar-refractivity contribution in [3.05, 3.63) is 35.6 Å². The molecule has 0 saturated carbocycles. The number of hydrogen-bond donors (Lipinski definition) is 2. The number of hydrogen-bond acceptors (Lipinski definition) is 2. The van der Waals surface area contributed by atoms with E-state index in [-0.39, 0.29) is 23.8 Å². The lowest BCUT2D eigenvalue weighted by molar-refractivity contribution is -0.127. The summed E-state index contributed by atoms with van der Waals surface area (Å²) in [4.78, 5) is 25.6. The molecule has 3 amide bonds. The van der Waals surface area contributed by atoms with E-state index < -0.39 is 6.04 Å². The van der Waals surface area contributed by atoms with Crippen molar-refractivity contribution >= 4 is 11.9 Å². The maximum Gasteiger partial charge on any atom is 0.318 e. The number of halogens is 1. The van der Waals surface area contributed by atoms with Crippen LogP contribution in [0.15, 0.2) is 24.3 Å². The number of urea groups is 1. The van der Waals surface area contributed by atoms with Crippen molar-refractivity contribution in [1.29, 1.82) is 0 Å². The molecule has 114 valence electrons. The molecule has 1 aromatic rings. The molecule has 0 radical (unpaired) electrons. The van der Waals surface area contributed by atoms with E-state index in [1.807, 2.05) is 13.8 Å². The number of rotatable bonds is 3. The minimum absolute atomic E-state index is 0.117. The van der Waals surface area contributed by atoms with Gasteiger partial charge in [0.05, 0.1) is 6.04 Å². The first kappa shape index (κ1) is 15.3. The predicted molar refractivity (Wildman–Crippen MR) is 77.1 cm³/mol. The zero-order chi connectivity index (χ0) is 15.4. The fraction of sp³-hybridized carbons (Fsp3) is 0.467. The summed E-state index contributed by atoms with van der Waals surface area (Å²) in [6, 6.07) is 5.05. The number of carbonyl (C=O) groups excluding carboxylic acids is 2. The number of nitrogens with zero attached hydrogens (tertiary/aromatic N) is 1. The smallest absolute Gasteiger partial charge is 0.318 e. The third-order valence-electron chi connectivity index (χ3n) is 3.69. The van der Waals surface area contributed by atoms with Crippen molar-refractivity contribution in [1.82, 2.24) is 15.5 Å². The number of carbonyl (C=O) groups is 2. The number of nitrogens with one attached hydrogen (secondary N) is 2. The third kappa shape index (κ3) is 3.51. The van der Waals surface area contributed by atoms with Gasteiger partial charge in [0, 0.05) is 13.1 Å². The molecular formula is C15H20FN3O2. The Hall–Kier alpha value is -2.11. The zero-order valence-electron chi connectivity index (χ0n) is 12.2. The summed E-state index contributed by atoms with van der Waals surface area (Å²) in [6.07, 6.45) is 0.574. The van der Waals surface area contributed by atoms with Crippen molar-refractivity contribution in [3.8, 4) is 0 Å². The average molecular weight is 293 g/mol. The monoisotopic (exact) mass is 293 g/mol. The van der Waals surface area contributed by atoms with E-state index in [1.54, 1.807) is 17.0 Å². The molecule has 0 aliphatic carbocycles. The summed E-state index contributed by atoms with van der Waals surface area (Å²) >= 11 is 0. The van der Waals surface area contributed by atoms with Gasteiger partial charge in [-0.15, -0.1) is 0 Å². The van der Waals surface area contributed by atoms with Gasteiger partial charge in [0.25, 0.3) is 0 Å². The van der Waals surface area contributed by atoms with Crippen molar-refractivity contribution in [2.75, 3.05) is 13.1 Å². The molecule has 5 nitrogen and oxygen atoms in total. The van der Waals surface area contributed by atoms with Crippen molar-refractivity contribution in [2.45, 2.75) is 32.4 Å². The molecule has 2 rings (SSSR count). The molecule has 1 aliphatic rings. The summed E-state index contributed by atoms with van der Waals surface area (Å²) in [5, 5.41) is 5.61. The van der Waals surface area contributed by atoms with Crippen molar-refractivity contribution in [3.63, 3.8) is 0 Å². The summed E-state index contributed by atoms with van der Waals surface area (Å²) in [7, 11) is 0. The summed E-state index contributed by atoms with van der Waals surface area (Å²) < 4.78 is 12.9. The van der Waals surface area contributed by atoms with Crippen molar-refractivity contribution < 1.29 is 14.0 Å². The fourth-order valence-electron chi connectivity index (χ4n) is 2.47. The highest BCUT2D eigenvalue weighted by molar-refractivity contribution is 5.88. The van der Waals surface area contributed by atoms with Crippen molar-refractivity contribution in [2.24, 2.45) is 0 Å². The molecular weight excluding hydrogens is 273 g/mol. The highest BCUT2D eigenvalue weighted by Gasteiger charge is 2.32. The molecule has 1 saturated heterocycles. The van der Waals surface area contributed by atoms with Gasteiger partial charge in [-0.25, -0.2) is 9.18 Å². The maximum absolute atomic E-state index is 12.9. The second-order valence-corrected chi connectivity index (χ2v) is 5.13. The maximum atomic E-state index is 12.9. The van der Waals surface area contributed by atoms with E-state index in [2.05, 4.69) is 10.6 Å². The van der Waals surface area contributed by atoms with Gasteiger partial charge in [-0.05, 0) is 31.0 Å². The first-order chi connectivity index (χ1) is 10.0. The van der Waals surface area contributed by atoms with E-state index in [4.69, 9.17) is 0 Å². The molecule has 1 fully saturated rings. The molecule has 2 N–H and O–H groups in total. The Labute approximate surface area is 123 Å². The van der Waals surface area contributed by atoms with E-state index in [9.17, 15) is 14.0 Å². The third-order valence-corrected chi connectivity index (χ3v) is 3.69. The highest BCUT2D eigenvalue weighted by Crippen LogP contribution is 2.15. The van der Waals surface area contributed by atoms with Crippen LogP contribution in [0.5, 0.6) is 0 Å². The van der Waals surface area contributed by atoms with Gasteiger partial charge in [-0.2, -0.15) is 0 Å². The largest absolute Gasteiger partial charge is 0.353 e. The Morgan fingerprint density at radius 2 is 2.14 bits per heavy atom. The zero-order valence-corrected chi connectivity index (χ0v) is 12.2. The molecule has 1 aromatic carbocycles. The number of benzene rings is 1. The second kappa shape index (κ2) is 6.56.